The fourth-order valence-electron chi connectivity index (χ4n) is 2.33. The quantitative estimate of drug-likeness (QED) is 0.382. The van der Waals surface area contributed by atoms with Gasteiger partial charge in [-0.1, -0.05) is 0 Å². The highest BCUT2D eigenvalue weighted by atomic mass is 16.6. The molecule has 0 amide bonds. The average molecular weight is 359 g/mol. The number of nitro groups is 1. The standard InChI is InChI=1S/C18H21N3O5/c1-18(2,3)26-17(22)11-20-13(10-19)8-12-6-7-25-16-5-4-14(21(23)24)9-15(12)16/h4-5,8-11H,6-7,19H2,1-3H3/b12-8+,13-10-,20-11+. The number of hydrogen-bond donors (Lipinski definition) is 1. The number of nitro benzene ring substituents is 1. The van der Waals surface area contributed by atoms with E-state index in [4.69, 9.17) is 15.2 Å². The predicted molar refractivity (Wildman–Crippen MR) is 97.8 cm³/mol. The topological polar surface area (TPSA) is 117 Å². The van der Waals surface area contributed by atoms with E-state index < -0.39 is 16.5 Å². The van der Waals surface area contributed by atoms with Crippen LogP contribution >= 0.6 is 0 Å². The number of non-ortho nitro benzene ring substituents is 1. The van der Waals surface area contributed by atoms with Crippen LogP contribution in [-0.4, -0.2) is 29.3 Å². The molecule has 2 rings (SSSR count). The van der Waals surface area contributed by atoms with Crippen molar-refractivity contribution in [3.63, 3.8) is 0 Å². The van der Waals surface area contributed by atoms with Crippen LogP contribution in [0.2, 0.25) is 0 Å². The minimum absolute atomic E-state index is 0.0318. The lowest BCUT2D eigenvalue weighted by molar-refractivity contribution is -0.384. The van der Waals surface area contributed by atoms with Gasteiger partial charge in [0.25, 0.3) is 5.69 Å². The molecular formula is C18H21N3O5. The van der Waals surface area contributed by atoms with Gasteiger partial charge in [0.2, 0.25) is 0 Å². The van der Waals surface area contributed by atoms with Gasteiger partial charge in [-0.25, -0.2) is 9.79 Å². The van der Waals surface area contributed by atoms with Crippen LogP contribution in [0.4, 0.5) is 5.69 Å². The SMILES string of the molecule is CC(C)(C)OC(=O)/C=N/C(=C\N)/C=C1\CCOc2ccc([N+](=O)[O-])cc21. The lowest BCUT2D eigenvalue weighted by atomic mass is 9.98. The number of ether oxygens (including phenoxy) is 2. The molecule has 26 heavy (non-hydrogen) atoms. The second kappa shape index (κ2) is 7.81. The van der Waals surface area contributed by atoms with E-state index in [1.165, 1.54) is 18.3 Å². The first-order chi connectivity index (χ1) is 12.2. The van der Waals surface area contributed by atoms with E-state index in [2.05, 4.69) is 4.99 Å². The highest BCUT2D eigenvalue weighted by Crippen LogP contribution is 2.36. The van der Waals surface area contributed by atoms with Crippen molar-refractivity contribution in [2.75, 3.05) is 6.61 Å². The summed E-state index contributed by atoms with van der Waals surface area (Å²) >= 11 is 0. The largest absolute Gasteiger partial charge is 0.493 e. The fraction of sp³-hybridized carbons (Fsp3) is 0.333. The molecule has 138 valence electrons. The smallest absolute Gasteiger partial charge is 0.349 e. The molecule has 0 fully saturated rings. The highest BCUT2D eigenvalue weighted by Gasteiger charge is 2.19. The first-order valence-electron chi connectivity index (χ1n) is 8.01. The molecule has 1 aromatic rings. The van der Waals surface area contributed by atoms with Crippen LogP contribution in [0.1, 0.15) is 32.8 Å². The van der Waals surface area contributed by atoms with Crippen LogP contribution < -0.4 is 10.5 Å². The van der Waals surface area contributed by atoms with E-state index in [-0.39, 0.29) is 5.69 Å². The molecule has 0 spiro atoms. The fourth-order valence-corrected chi connectivity index (χ4v) is 2.33. The van der Waals surface area contributed by atoms with Crippen molar-refractivity contribution in [3.05, 3.63) is 51.8 Å². The molecule has 0 aliphatic carbocycles. The van der Waals surface area contributed by atoms with Crippen molar-refractivity contribution in [2.24, 2.45) is 10.7 Å². The molecule has 2 N–H and O–H groups in total. The Morgan fingerprint density at radius 3 is 2.77 bits per heavy atom. The van der Waals surface area contributed by atoms with Crippen molar-refractivity contribution in [1.82, 2.24) is 0 Å². The van der Waals surface area contributed by atoms with E-state index in [0.29, 0.717) is 30.0 Å². The number of nitrogens with two attached hydrogens (primary N) is 1. The van der Waals surface area contributed by atoms with Gasteiger partial charge in [-0.2, -0.15) is 0 Å². The molecule has 0 radical (unpaired) electrons. The molecule has 1 aliphatic heterocycles. The lowest BCUT2D eigenvalue weighted by Gasteiger charge is -2.20. The molecular weight excluding hydrogens is 338 g/mol. The highest BCUT2D eigenvalue weighted by molar-refractivity contribution is 6.23. The minimum atomic E-state index is -0.618. The minimum Gasteiger partial charge on any atom is -0.493 e. The summed E-state index contributed by atoms with van der Waals surface area (Å²) in [6.07, 6.45) is 4.51. The number of rotatable bonds is 4. The second-order valence-corrected chi connectivity index (χ2v) is 6.59. The first-order valence-corrected chi connectivity index (χ1v) is 8.01. The molecule has 0 bridgehead atoms. The number of fused-ring (bicyclic) bond motifs is 1. The monoisotopic (exact) mass is 359 g/mol. The van der Waals surface area contributed by atoms with Gasteiger partial charge in [0.1, 0.15) is 17.6 Å². The zero-order valence-corrected chi connectivity index (χ0v) is 14.9. The maximum absolute atomic E-state index is 11.7. The van der Waals surface area contributed by atoms with Crippen LogP contribution in [0, 0.1) is 10.1 Å². The Balaban J connectivity index is 2.27. The number of carbonyl (C=O) groups excluding carboxylic acids is 1. The Labute approximate surface area is 151 Å². The summed E-state index contributed by atoms with van der Waals surface area (Å²) in [6, 6.07) is 4.41. The van der Waals surface area contributed by atoms with Crippen LogP contribution in [0.15, 0.2) is 41.2 Å². The van der Waals surface area contributed by atoms with E-state index in [0.717, 1.165) is 11.8 Å². The number of esters is 1. The van der Waals surface area contributed by atoms with Crippen LogP contribution in [0.5, 0.6) is 5.75 Å². The van der Waals surface area contributed by atoms with Gasteiger partial charge in [0.15, 0.2) is 0 Å². The van der Waals surface area contributed by atoms with Crippen molar-refractivity contribution < 1.29 is 19.2 Å². The first kappa shape index (κ1) is 19.2. The van der Waals surface area contributed by atoms with Gasteiger partial charge in [-0.15, -0.1) is 0 Å². The summed E-state index contributed by atoms with van der Waals surface area (Å²) in [5.74, 6) is -0.0288. The molecule has 0 unspecified atom stereocenters. The normalized spacial score (nSPS) is 16.3. The summed E-state index contributed by atoms with van der Waals surface area (Å²) in [4.78, 5) is 26.3. The van der Waals surface area contributed by atoms with Crippen molar-refractivity contribution in [3.8, 4) is 5.75 Å². The van der Waals surface area contributed by atoms with Gasteiger partial charge in [0.05, 0.1) is 17.2 Å². The van der Waals surface area contributed by atoms with Gasteiger partial charge in [0, 0.05) is 30.3 Å². The van der Waals surface area contributed by atoms with Gasteiger partial charge in [-0.3, -0.25) is 10.1 Å². The average Bonchev–Trinajstić information content (AvgIpc) is 2.56. The Hall–Kier alpha value is -3.16. The molecule has 1 aromatic carbocycles. The molecule has 1 heterocycles. The van der Waals surface area contributed by atoms with Crippen molar-refractivity contribution >= 4 is 23.4 Å². The molecule has 8 nitrogen and oxygen atoms in total. The van der Waals surface area contributed by atoms with E-state index in [1.54, 1.807) is 32.9 Å². The summed E-state index contributed by atoms with van der Waals surface area (Å²) in [7, 11) is 0. The van der Waals surface area contributed by atoms with Crippen LogP contribution in [-0.2, 0) is 9.53 Å². The van der Waals surface area contributed by atoms with E-state index in [1.807, 2.05) is 0 Å². The molecule has 1 aliphatic rings. The molecule has 0 saturated carbocycles. The van der Waals surface area contributed by atoms with Crippen LogP contribution in [0.25, 0.3) is 5.57 Å². The number of allylic oxidation sites excluding steroid dienone is 1. The maximum atomic E-state index is 11.7. The Bertz CT molecular complexity index is 804. The van der Waals surface area contributed by atoms with Gasteiger partial charge < -0.3 is 15.2 Å². The van der Waals surface area contributed by atoms with E-state index >= 15 is 0 Å². The Morgan fingerprint density at radius 2 is 2.15 bits per heavy atom. The third-order valence-corrected chi connectivity index (χ3v) is 3.37. The summed E-state index contributed by atoms with van der Waals surface area (Å²) in [5.41, 5.74) is 6.67. The van der Waals surface area contributed by atoms with Gasteiger partial charge >= 0.3 is 5.97 Å². The number of nitrogens with zero attached hydrogens (tertiary/aromatic N) is 2. The molecule has 0 saturated heterocycles. The van der Waals surface area contributed by atoms with E-state index in [9.17, 15) is 14.9 Å². The molecule has 8 heteroatoms. The number of aliphatic imine (C=N–C) groups is 1. The zero-order valence-electron chi connectivity index (χ0n) is 14.9. The Morgan fingerprint density at radius 1 is 1.42 bits per heavy atom. The third-order valence-electron chi connectivity index (χ3n) is 3.37. The zero-order chi connectivity index (χ0) is 19.3. The van der Waals surface area contributed by atoms with Crippen LogP contribution in [0.3, 0.4) is 0 Å². The number of benzene rings is 1. The number of hydrogen-bond acceptors (Lipinski definition) is 7. The summed E-state index contributed by atoms with van der Waals surface area (Å²) < 4.78 is 10.7. The summed E-state index contributed by atoms with van der Waals surface area (Å²) in [6.45, 7) is 5.70. The summed E-state index contributed by atoms with van der Waals surface area (Å²) in [5, 5.41) is 11.0. The number of carbonyl (C=O) groups is 1. The lowest BCUT2D eigenvalue weighted by Crippen LogP contribution is -2.24. The maximum Gasteiger partial charge on any atom is 0.349 e. The van der Waals surface area contributed by atoms with Crippen molar-refractivity contribution in [2.45, 2.75) is 32.8 Å². The molecule has 0 atom stereocenters. The second-order valence-electron chi connectivity index (χ2n) is 6.59. The molecule has 0 aromatic heterocycles. The predicted octanol–water partition coefficient (Wildman–Crippen LogP) is 2.97. The third kappa shape index (κ3) is 5.17. The van der Waals surface area contributed by atoms with Gasteiger partial charge in [-0.05, 0) is 38.5 Å². The Kier molecular flexibility index (Phi) is 5.76. The van der Waals surface area contributed by atoms with Crippen molar-refractivity contribution in [1.29, 1.82) is 0 Å².